The Morgan fingerprint density at radius 2 is 1.85 bits per heavy atom. The van der Waals surface area contributed by atoms with Gasteiger partial charge in [-0.25, -0.2) is 0 Å². The van der Waals surface area contributed by atoms with Gasteiger partial charge in [-0.05, 0) is 18.1 Å². The molecule has 0 aliphatic rings. The molecule has 0 saturated carbocycles. The van der Waals surface area contributed by atoms with Crippen molar-refractivity contribution in [3.8, 4) is 0 Å². The number of amides is 1. The fraction of sp³-hybridized carbons (Fsp3) is 0.500. The molecule has 110 valence electrons. The lowest BCUT2D eigenvalue weighted by molar-refractivity contribution is -0.384. The summed E-state index contributed by atoms with van der Waals surface area (Å²) in [5, 5.41) is 13.4. The van der Waals surface area contributed by atoms with E-state index in [0.717, 1.165) is 12.8 Å². The summed E-state index contributed by atoms with van der Waals surface area (Å²) in [5.74, 6) is 0.308. The van der Waals surface area contributed by atoms with E-state index in [1.54, 1.807) is 0 Å². The van der Waals surface area contributed by atoms with Gasteiger partial charge < -0.3 is 5.32 Å². The maximum atomic E-state index is 11.9. The molecule has 0 saturated heterocycles. The molecular weight excluding hydrogens is 324 g/mol. The number of hydrogen-bond donors (Lipinski definition) is 1. The molecular formula is C14H19BrN2O3. The SMILES string of the molecule is CCC(CC)C(Br)CNC(=O)c1ccc([N+](=O)[O-])cc1. The molecule has 1 atom stereocenters. The third-order valence-corrected chi connectivity index (χ3v) is 4.43. The first-order valence-corrected chi connectivity index (χ1v) is 7.57. The van der Waals surface area contributed by atoms with Gasteiger partial charge in [0.1, 0.15) is 0 Å². The van der Waals surface area contributed by atoms with E-state index in [1.807, 2.05) is 0 Å². The van der Waals surface area contributed by atoms with Crippen molar-refractivity contribution in [2.24, 2.45) is 5.92 Å². The maximum absolute atomic E-state index is 11.9. The third kappa shape index (κ3) is 4.59. The van der Waals surface area contributed by atoms with Gasteiger partial charge in [0.2, 0.25) is 0 Å². The molecule has 1 rings (SSSR count). The second-order valence-electron chi connectivity index (χ2n) is 4.61. The first kappa shape index (κ1) is 16.6. The lowest BCUT2D eigenvalue weighted by Gasteiger charge is -2.19. The minimum absolute atomic E-state index is 0.0167. The molecule has 0 spiro atoms. The van der Waals surface area contributed by atoms with Crippen molar-refractivity contribution >= 4 is 27.5 Å². The summed E-state index contributed by atoms with van der Waals surface area (Å²) in [5.41, 5.74) is 0.414. The molecule has 1 N–H and O–H groups in total. The maximum Gasteiger partial charge on any atom is 0.269 e. The van der Waals surface area contributed by atoms with Crippen LogP contribution < -0.4 is 5.32 Å². The minimum Gasteiger partial charge on any atom is -0.351 e. The van der Waals surface area contributed by atoms with E-state index in [0.29, 0.717) is 18.0 Å². The van der Waals surface area contributed by atoms with Gasteiger partial charge in [-0.2, -0.15) is 0 Å². The molecule has 0 aliphatic heterocycles. The number of non-ortho nitro benzene ring substituents is 1. The van der Waals surface area contributed by atoms with Crippen LogP contribution in [0.4, 0.5) is 5.69 Å². The predicted molar refractivity (Wildman–Crippen MR) is 82.2 cm³/mol. The number of carbonyl (C=O) groups is 1. The highest BCUT2D eigenvalue weighted by Crippen LogP contribution is 2.19. The fourth-order valence-corrected chi connectivity index (χ4v) is 2.90. The van der Waals surface area contributed by atoms with Gasteiger partial charge in [0.15, 0.2) is 0 Å². The normalized spacial score (nSPS) is 12.2. The number of carbonyl (C=O) groups excluding carboxylic acids is 1. The van der Waals surface area contributed by atoms with Gasteiger partial charge >= 0.3 is 0 Å². The van der Waals surface area contributed by atoms with Crippen LogP contribution in [0.25, 0.3) is 0 Å². The smallest absolute Gasteiger partial charge is 0.269 e. The van der Waals surface area contributed by atoms with Gasteiger partial charge in [0.05, 0.1) is 4.92 Å². The summed E-state index contributed by atoms with van der Waals surface area (Å²) < 4.78 is 0. The lowest BCUT2D eigenvalue weighted by Crippen LogP contribution is -2.32. The van der Waals surface area contributed by atoms with Crippen molar-refractivity contribution in [2.45, 2.75) is 31.5 Å². The summed E-state index contributed by atoms with van der Waals surface area (Å²) >= 11 is 3.59. The topological polar surface area (TPSA) is 72.2 Å². The van der Waals surface area contributed by atoms with Crippen molar-refractivity contribution in [1.82, 2.24) is 5.32 Å². The van der Waals surface area contributed by atoms with Crippen LogP contribution in [0.1, 0.15) is 37.0 Å². The molecule has 0 heterocycles. The Labute approximate surface area is 127 Å². The van der Waals surface area contributed by atoms with E-state index in [2.05, 4.69) is 35.1 Å². The second kappa shape index (κ2) is 7.99. The molecule has 1 aromatic carbocycles. The number of nitrogens with one attached hydrogen (secondary N) is 1. The Bertz CT molecular complexity index is 458. The van der Waals surface area contributed by atoms with Crippen LogP contribution in [0, 0.1) is 16.0 Å². The molecule has 1 amide bonds. The summed E-state index contributed by atoms with van der Waals surface area (Å²) in [7, 11) is 0. The highest BCUT2D eigenvalue weighted by atomic mass is 79.9. The van der Waals surface area contributed by atoms with Crippen LogP contribution in [0.5, 0.6) is 0 Å². The van der Waals surface area contributed by atoms with Crippen LogP contribution in [0.2, 0.25) is 0 Å². The van der Waals surface area contributed by atoms with Gasteiger partial charge in [-0.3, -0.25) is 14.9 Å². The van der Waals surface area contributed by atoms with E-state index in [9.17, 15) is 14.9 Å². The van der Waals surface area contributed by atoms with Crippen molar-refractivity contribution < 1.29 is 9.72 Å². The molecule has 0 aliphatic carbocycles. The van der Waals surface area contributed by atoms with Crippen LogP contribution in [-0.2, 0) is 0 Å². The van der Waals surface area contributed by atoms with Crippen molar-refractivity contribution in [2.75, 3.05) is 6.54 Å². The van der Waals surface area contributed by atoms with Crippen LogP contribution in [-0.4, -0.2) is 22.2 Å². The Hall–Kier alpha value is -1.43. The highest BCUT2D eigenvalue weighted by molar-refractivity contribution is 9.09. The Kier molecular flexibility index (Phi) is 6.64. The number of benzene rings is 1. The zero-order valence-corrected chi connectivity index (χ0v) is 13.2. The summed E-state index contributed by atoms with van der Waals surface area (Å²) in [6.45, 7) is 4.79. The molecule has 20 heavy (non-hydrogen) atoms. The number of rotatable bonds is 7. The average Bonchev–Trinajstić information content (AvgIpc) is 2.46. The molecule has 1 aromatic rings. The first-order chi connectivity index (χ1) is 9.49. The summed E-state index contributed by atoms with van der Waals surface area (Å²) in [6, 6.07) is 5.60. The Balaban J connectivity index is 2.56. The number of hydrogen-bond acceptors (Lipinski definition) is 3. The zero-order chi connectivity index (χ0) is 15.1. The lowest BCUT2D eigenvalue weighted by atomic mass is 9.99. The molecule has 5 nitrogen and oxygen atoms in total. The standard InChI is InChI=1S/C14H19BrN2O3/c1-3-10(4-2)13(15)9-16-14(18)11-5-7-12(8-6-11)17(19)20/h5-8,10,13H,3-4,9H2,1-2H3,(H,16,18). The number of alkyl halides is 1. The molecule has 0 radical (unpaired) electrons. The summed E-state index contributed by atoms with van der Waals surface area (Å²) in [4.78, 5) is 22.2. The van der Waals surface area contributed by atoms with E-state index in [-0.39, 0.29) is 16.4 Å². The first-order valence-electron chi connectivity index (χ1n) is 6.66. The quantitative estimate of drug-likeness (QED) is 0.468. The molecule has 0 bridgehead atoms. The number of halogens is 1. The number of nitro benzene ring substituents is 1. The summed E-state index contributed by atoms with van der Waals surface area (Å²) in [6.07, 6.45) is 2.11. The molecule has 6 heteroatoms. The van der Waals surface area contributed by atoms with Crippen LogP contribution in [0.3, 0.4) is 0 Å². The Morgan fingerprint density at radius 1 is 1.30 bits per heavy atom. The zero-order valence-electron chi connectivity index (χ0n) is 11.6. The number of nitrogens with zero attached hydrogens (tertiary/aromatic N) is 1. The monoisotopic (exact) mass is 342 g/mol. The molecule has 0 aromatic heterocycles. The van der Waals surface area contributed by atoms with Gasteiger partial charge in [-0.15, -0.1) is 0 Å². The van der Waals surface area contributed by atoms with E-state index >= 15 is 0 Å². The van der Waals surface area contributed by atoms with E-state index < -0.39 is 4.92 Å². The molecule has 1 unspecified atom stereocenters. The Morgan fingerprint density at radius 3 is 2.30 bits per heavy atom. The van der Waals surface area contributed by atoms with Crippen molar-refractivity contribution in [1.29, 1.82) is 0 Å². The van der Waals surface area contributed by atoms with Crippen LogP contribution >= 0.6 is 15.9 Å². The van der Waals surface area contributed by atoms with E-state index in [4.69, 9.17) is 0 Å². The minimum atomic E-state index is -0.483. The van der Waals surface area contributed by atoms with Crippen LogP contribution in [0.15, 0.2) is 24.3 Å². The van der Waals surface area contributed by atoms with Gasteiger partial charge in [0.25, 0.3) is 11.6 Å². The molecule has 0 fully saturated rings. The second-order valence-corrected chi connectivity index (χ2v) is 5.78. The predicted octanol–water partition coefficient (Wildman–Crippen LogP) is 3.52. The fourth-order valence-electron chi connectivity index (χ4n) is 1.99. The van der Waals surface area contributed by atoms with Gasteiger partial charge in [-0.1, -0.05) is 42.6 Å². The average molecular weight is 343 g/mol. The number of nitro groups is 1. The van der Waals surface area contributed by atoms with Crippen molar-refractivity contribution in [3.63, 3.8) is 0 Å². The van der Waals surface area contributed by atoms with Crippen molar-refractivity contribution in [3.05, 3.63) is 39.9 Å². The van der Waals surface area contributed by atoms with Gasteiger partial charge in [0, 0.05) is 29.1 Å². The highest BCUT2D eigenvalue weighted by Gasteiger charge is 2.16. The largest absolute Gasteiger partial charge is 0.351 e. The van der Waals surface area contributed by atoms with E-state index in [1.165, 1.54) is 24.3 Å². The third-order valence-electron chi connectivity index (χ3n) is 3.36.